The van der Waals surface area contributed by atoms with Gasteiger partial charge in [-0.15, -0.1) is 10.2 Å². The lowest BCUT2D eigenvalue weighted by atomic mass is 9.99. The van der Waals surface area contributed by atoms with Gasteiger partial charge in [0.2, 0.25) is 0 Å². The summed E-state index contributed by atoms with van der Waals surface area (Å²) >= 11 is 0. The van der Waals surface area contributed by atoms with Crippen molar-refractivity contribution < 1.29 is 9.21 Å². The topological polar surface area (TPSA) is 118 Å². The monoisotopic (exact) mass is 426 g/mol. The Balaban J connectivity index is 1.41. The normalized spacial score (nSPS) is 15.8. The van der Waals surface area contributed by atoms with Crippen LogP contribution in [0.2, 0.25) is 0 Å². The molecule has 6 heterocycles. The van der Waals surface area contributed by atoms with Crippen molar-refractivity contribution in [3.63, 3.8) is 0 Å². The molecule has 0 saturated carbocycles. The molecule has 0 radical (unpaired) electrons. The van der Waals surface area contributed by atoms with E-state index in [0.717, 1.165) is 28.3 Å². The summed E-state index contributed by atoms with van der Waals surface area (Å²) in [7, 11) is 0. The Kier molecular flexibility index (Phi) is 4.10. The molecule has 0 spiro atoms. The van der Waals surface area contributed by atoms with Gasteiger partial charge < -0.3 is 14.3 Å². The number of aromatic amines is 1. The Morgan fingerprint density at radius 3 is 2.94 bits per heavy atom. The van der Waals surface area contributed by atoms with Gasteiger partial charge in [0.1, 0.15) is 11.7 Å². The van der Waals surface area contributed by atoms with E-state index >= 15 is 0 Å². The number of nitrogens with one attached hydrogen (secondary N) is 1. The van der Waals surface area contributed by atoms with E-state index in [9.17, 15) is 4.79 Å². The number of aromatic nitrogens is 7. The molecule has 1 aliphatic rings. The van der Waals surface area contributed by atoms with Crippen LogP contribution in [0.3, 0.4) is 0 Å². The Bertz CT molecular complexity index is 1430. The molecule has 6 rings (SSSR count). The highest BCUT2D eigenvalue weighted by atomic mass is 16.4. The molecule has 158 valence electrons. The number of rotatable bonds is 3. The van der Waals surface area contributed by atoms with Crippen LogP contribution in [0, 0.1) is 6.92 Å². The van der Waals surface area contributed by atoms with Gasteiger partial charge in [-0.2, -0.15) is 5.10 Å². The molecule has 0 unspecified atom stereocenters. The lowest BCUT2D eigenvalue weighted by molar-refractivity contribution is 0.0646. The fourth-order valence-electron chi connectivity index (χ4n) is 4.13. The standard InChI is InChI=1S/C22H18N8O2/c1-13-5-4-6-14-11-17(28-30(13)14)19-18-15(24-12-25-18)8-10-29(19)22(31)21-27-26-20(32-21)16-7-2-3-9-23-16/h2-7,9,11-12,19H,8,10H2,1H3,(H,24,25)/t19-/m1/s1. The lowest BCUT2D eigenvalue weighted by Gasteiger charge is -2.32. The highest BCUT2D eigenvalue weighted by molar-refractivity contribution is 5.90. The van der Waals surface area contributed by atoms with E-state index in [0.29, 0.717) is 18.7 Å². The van der Waals surface area contributed by atoms with Crippen LogP contribution in [-0.2, 0) is 6.42 Å². The Morgan fingerprint density at radius 2 is 2.09 bits per heavy atom. The summed E-state index contributed by atoms with van der Waals surface area (Å²) in [6, 6.07) is 12.8. The van der Waals surface area contributed by atoms with Crippen LogP contribution in [0.1, 0.15) is 39.5 Å². The van der Waals surface area contributed by atoms with Gasteiger partial charge in [0.05, 0.1) is 23.2 Å². The minimum atomic E-state index is -0.470. The molecule has 10 nitrogen and oxygen atoms in total. The van der Waals surface area contributed by atoms with Crippen molar-refractivity contribution >= 4 is 11.4 Å². The number of H-pyrrole nitrogens is 1. The molecule has 0 saturated heterocycles. The summed E-state index contributed by atoms with van der Waals surface area (Å²) in [5.41, 5.74) is 4.96. The first kappa shape index (κ1) is 18.4. The maximum absolute atomic E-state index is 13.5. The van der Waals surface area contributed by atoms with Crippen LogP contribution in [0.5, 0.6) is 0 Å². The third-order valence-electron chi connectivity index (χ3n) is 5.65. The smallest absolute Gasteiger partial charge is 0.312 e. The van der Waals surface area contributed by atoms with E-state index in [-0.39, 0.29) is 17.7 Å². The molecule has 1 N–H and O–H groups in total. The van der Waals surface area contributed by atoms with E-state index in [1.807, 2.05) is 41.8 Å². The second-order valence-electron chi connectivity index (χ2n) is 7.62. The number of imidazole rings is 1. The van der Waals surface area contributed by atoms with Gasteiger partial charge in [-0.3, -0.25) is 9.78 Å². The molecule has 0 aromatic carbocycles. The lowest BCUT2D eigenvalue weighted by Crippen LogP contribution is -2.41. The van der Waals surface area contributed by atoms with Crippen LogP contribution in [0.15, 0.2) is 59.4 Å². The van der Waals surface area contributed by atoms with Gasteiger partial charge in [0.15, 0.2) is 0 Å². The predicted octanol–water partition coefficient (Wildman–Crippen LogP) is 2.60. The zero-order valence-electron chi connectivity index (χ0n) is 17.1. The molecular formula is C22H18N8O2. The first-order valence-corrected chi connectivity index (χ1v) is 10.2. The van der Waals surface area contributed by atoms with Gasteiger partial charge in [-0.1, -0.05) is 12.1 Å². The third-order valence-corrected chi connectivity index (χ3v) is 5.65. The largest absolute Gasteiger partial charge is 0.411 e. The summed E-state index contributed by atoms with van der Waals surface area (Å²) < 4.78 is 7.55. The molecular weight excluding hydrogens is 408 g/mol. The molecule has 10 heteroatoms. The van der Waals surface area contributed by atoms with E-state index < -0.39 is 6.04 Å². The zero-order valence-corrected chi connectivity index (χ0v) is 17.1. The molecule has 5 aromatic heterocycles. The third kappa shape index (κ3) is 2.88. The zero-order chi connectivity index (χ0) is 21.7. The second-order valence-corrected chi connectivity index (χ2v) is 7.62. The quantitative estimate of drug-likeness (QED) is 0.471. The maximum atomic E-state index is 13.5. The van der Waals surface area contributed by atoms with Gasteiger partial charge in [0, 0.05) is 30.6 Å². The van der Waals surface area contributed by atoms with Gasteiger partial charge in [-0.25, -0.2) is 9.50 Å². The van der Waals surface area contributed by atoms with Crippen LogP contribution >= 0.6 is 0 Å². The molecule has 1 amide bonds. The van der Waals surface area contributed by atoms with E-state index in [2.05, 4.69) is 25.1 Å². The molecule has 0 fully saturated rings. The first-order chi connectivity index (χ1) is 15.7. The molecule has 1 aliphatic heterocycles. The fraction of sp³-hybridized carbons (Fsp3) is 0.182. The Morgan fingerprint density at radius 1 is 1.16 bits per heavy atom. The molecule has 0 bridgehead atoms. The van der Waals surface area contributed by atoms with E-state index in [1.165, 1.54) is 0 Å². The number of hydrogen-bond acceptors (Lipinski definition) is 7. The van der Waals surface area contributed by atoms with Gasteiger partial charge >= 0.3 is 11.8 Å². The Hall–Kier alpha value is -4.34. The maximum Gasteiger partial charge on any atom is 0.312 e. The van der Waals surface area contributed by atoms with Crippen molar-refractivity contribution in [1.82, 2.24) is 39.7 Å². The van der Waals surface area contributed by atoms with Gasteiger partial charge in [0.25, 0.3) is 5.89 Å². The van der Waals surface area contributed by atoms with Crippen molar-refractivity contribution in [2.24, 2.45) is 0 Å². The van der Waals surface area contributed by atoms with Crippen LogP contribution < -0.4 is 0 Å². The van der Waals surface area contributed by atoms with Crippen molar-refractivity contribution in [1.29, 1.82) is 0 Å². The number of carbonyl (C=O) groups is 1. The predicted molar refractivity (Wildman–Crippen MR) is 113 cm³/mol. The number of pyridine rings is 2. The van der Waals surface area contributed by atoms with Crippen molar-refractivity contribution in [2.75, 3.05) is 6.54 Å². The molecule has 0 aliphatic carbocycles. The highest BCUT2D eigenvalue weighted by Gasteiger charge is 2.38. The summed E-state index contributed by atoms with van der Waals surface area (Å²) in [6.45, 7) is 2.46. The van der Waals surface area contributed by atoms with Crippen molar-refractivity contribution in [3.05, 3.63) is 83.7 Å². The van der Waals surface area contributed by atoms with Crippen LogP contribution in [-0.4, -0.2) is 52.1 Å². The highest BCUT2D eigenvalue weighted by Crippen LogP contribution is 2.34. The number of aryl methyl sites for hydroxylation is 1. The van der Waals surface area contributed by atoms with E-state index in [1.54, 1.807) is 29.6 Å². The second kappa shape index (κ2) is 7.12. The minimum absolute atomic E-state index is 0.0883. The van der Waals surface area contributed by atoms with Crippen molar-refractivity contribution in [3.8, 4) is 11.6 Å². The summed E-state index contributed by atoms with van der Waals surface area (Å²) in [6.07, 6.45) is 3.93. The summed E-state index contributed by atoms with van der Waals surface area (Å²) in [5.74, 6) is -0.256. The number of carbonyl (C=O) groups excluding carboxylic acids is 1. The minimum Gasteiger partial charge on any atom is -0.411 e. The number of hydrogen-bond donors (Lipinski definition) is 1. The van der Waals surface area contributed by atoms with Crippen LogP contribution in [0.25, 0.3) is 17.1 Å². The summed E-state index contributed by atoms with van der Waals surface area (Å²) in [4.78, 5) is 27.1. The molecule has 1 atom stereocenters. The average molecular weight is 426 g/mol. The van der Waals surface area contributed by atoms with Crippen molar-refractivity contribution in [2.45, 2.75) is 19.4 Å². The number of nitrogens with zero attached hydrogens (tertiary/aromatic N) is 7. The van der Waals surface area contributed by atoms with Crippen LogP contribution in [0.4, 0.5) is 0 Å². The average Bonchev–Trinajstić information content (AvgIpc) is 3.58. The number of amides is 1. The van der Waals surface area contributed by atoms with Gasteiger partial charge in [-0.05, 0) is 37.3 Å². The Labute approximate surface area is 181 Å². The number of fused-ring (bicyclic) bond motifs is 2. The first-order valence-electron chi connectivity index (χ1n) is 10.2. The molecule has 32 heavy (non-hydrogen) atoms. The fourth-order valence-corrected chi connectivity index (χ4v) is 4.13. The molecule has 5 aromatic rings. The SMILES string of the molecule is Cc1cccc2cc([C@@H]3c4nc[nH]c4CCN3C(=O)c3nnc(-c4ccccn4)o3)nn12. The van der Waals surface area contributed by atoms with E-state index in [4.69, 9.17) is 9.52 Å². The summed E-state index contributed by atoms with van der Waals surface area (Å²) in [5, 5.41) is 12.8.